The van der Waals surface area contributed by atoms with E-state index in [1.165, 1.54) is 32.8 Å². The summed E-state index contributed by atoms with van der Waals surface area (Å²) in [5, 5.41) is 3.53. The van der Waals surface area contributed by atoms with Gasteiger partial charge >= 0.3 is 5.97 Å². The van der Waals surface area contributed by atoms with Crippen LogP contribution in [0, 0.1) is 5.92 Å². The van der Waals surface area contributed by atoms with Gasteiger partial charge in [0.15, 0.2) is 0 Å². The summed E-state index contributed by atoms with van der Waals surface area (Å²) in [6.45, 7) is 3.81. The van der Waals surface area contributed by atoms with Crippen molar-refractivity contribution in [1.82, 2.24) is 10.2 Å². The number of likely N-dealkylation sites (N-methyl/N-ethyl adjacent to an activating group) is 1. The van der Waals surface area contributed by atoms with Crippen LogP contribution in [-0.4, -0.2) is 49.7 Å². The second-order valence-corrected chi connectivity index (χ2v) is 6.52. The Labute approximate surface area is 123 Å². The molecule has 2 saturated carbocycles. The van der Waals surface area contributed by atoms with Crippen LogP contribution in [0.3, 0.4) is 0 Å². The van der Waals surface area contributed by atoms with Gasteiger partial charge in [-0.1, -0.05) is 19.8 Å². The summed E-state index contributed by atoms with van der Waals surface area (Å²) in [5.74, 6) is 0.378. The first-order valence-corrected chi connectivity index (χ1v) is 8.17. The Balaban J connectivity index is 2.09. The summed E-state index contributed by atoms with van der Waals surface area (Å²) in [7, 11) is 3.69. The molecule has 0 bridgehead atoms. The summed E-state index contributed by atoms with van der Waals surface area (Å²) < 4.78 is 5.15. The van der Waals surface area contributed by atoms with Crippen LogP contribution in [-0.2, 0) is 9.53 Å². The highest BCUT2D eigenvalue weighted by Gasteiger charge is 2.52. The minimum absolute atomic E-state index is 0.0710. The van der Waals surface area contributed by atoms with E-state index in [1.54, 1.807) is 0 Å². The molecular weight excluding hydrogens is 252 g/mol. The van der Waals surface area contributed by atoms with E-state index in [0.717, 1.165) is 32.4 Å². The van der Waals surface area contributed by atoms with Crippen LogP contribution in [0.15, 0.2) is 0 Å². The number of ether oxygens (including phenoxy) is 1. The molecule has 0 aromatic rings. The van der Waals surface area contributed by atoms with Crippen molar-refractivity contribution < 1.29 is 9.53 Å². The van der Waals surface area contributed by atoms with Crippen molar-refractivity contribution in [2.75, 3.05) is 27.2 Å². The number of rotatable bonds is 8. The van der Waals surface area contributed by atoms with E-state index in [0.29, 0.717) is 12.0 Å². The van der Waals surface area contributed by atoms with E-state index in [2.05, 4.69) is 24.2 Å². The lowest BCUT2D eigenvalue weighted by molar-refractivity contribution is -0.151. The molecular formula is C16H30N2O2. The number of carbonyl (C=O) groups excluding carboxylic acids is 1. The molecule has 2 fully saturated rings. The van der Waals surface area contributed by atoms with Gasteiger partial charge in [-0.3, -0.25) is 0 Å². The molecule has 0 heterocycles. The molecule has 0 aromatic carbocycles. The largest absolute Gasteiger partial charge is 0.468 e. The summed E-state index contributed by atoms with van der Waals surface area (Å²) in [5.41, 5.74) is -0.484. The molecule has 20 heavy (non-hydrogen) atoms. The first kappa shape index (κ1) is 15.8. The first-order valence-electron chi connectivity index (χ1n) is 8.17. The zero-order chi connectivity index (χ0) is 14.6. The Hall–Kier alpha value is -0.610. The predicted molar refractivity (Wildman–Crippen MR) is 80.7 cm³/mol. The Morgan fingerprint density at radius 2 is 1.95 bits per heavy atom. The van der Waals surface area contributed by atoms with Gasteiger partial charge in [0.1, 0.15) is 5.54 Å². The molecule has 1 unspecified atom stereocenters. The van der Waals surface area contributed by atoms with Gasteiger partial charge < -0.3 is 15.0 Å². The minimum Gasteiger partial charge on any atom is -0.468 e. The number of esters is 1. The number of hydrogen-bond acceptors (Lipinski definition) is 4. The number of nitrogens with zero attached hydrogens (tertiary/aromatic N) is 1. The van der Waals surface area contributed by atoms with Crippen LogP contribution in [0.25, 0.3) is 0 Å². The molecule has 0 radical (unpaired) electrons. The van der Waals surface area contributed by atoms with Crippen LogP contribution in [0.5, 0.6) is 0 Å². The lowest BCUT2D eigenvalue weighted by Gasteiger charge is -2.38. The third-order valence-corrected chi connectivity index (χ3v) is 4.96. The van der Waals surface area contributed by atoms with Gasteiger partial charge in [0.2, 0.25) is 0 Å². The molecule has 4 heteroatoms. The quantitative estimate of drug-likeness (QED) is 0.693. The summed E-state index contributed by atoms with van der Waals surface area (Å²) in [6, 6.07) is 0.640. The maximum Gasteiger partial charge on any atom is 0.327 e. The highest BCUT2D eigenvalue weighted by atomic mass is 16.5. The maximum atomic E-state index is 12.5. The van der Waals surface area contributed by atoms with Crippen LogP contribution in [0.4, 0.5) is 0 Å². The molecule has 2 aliphatic carbocycles. The predicted octanol–water partition coefficient (Wildman–Crippen LogP) is 2.18. The monoisotopic (exact) mass is 282 g/mol. The highest BCUT2D eigenvalue weighted by Crippen LogP contribution is 2.41. The average molecular weight is 282 g/mol. The van der Waals surface area contributed by atoms with Gasteiger partial charge in [0.05, 0.1) is 7.11 Å². The van der Waals surface area contributed by atoms with E-state index in [1.807, 2.05) is 0 Å². The van der Waals surface area contributed by atoms with Crippen molar-refractivity contribution in [3.63, 3.8) is 0 Å². The highest BCUT2D eigenvalue weighted by molar-refractivity contribution is 5.82. The number of nitrogens with one attached hydrogen (secondary N) is 1. The third-order valence-electron chi connectivity index (χ3n) is 4.96. The first-order chi connectivity index (χ1) is 9.64. The van der Waals surface area contributed by atoms with Crippen molar-refractivity contribution in [2.24, 2.45) is 5.92 Å². The number of hydrogen-bond donors (Lipinski definition) is 1. The molecule has 116 valence electrons. The second kappa shape index (κ2) is 6.90. The van der Waals surface area contributed by atoms with Gasteiger partial charge in [-0.05, 0) is 51.6 Å². The van der Waals surface area contributed by atoms with E-state index < -0.39 is 5.54 Å². The average Bonchev–Trinajstić information content (AvgIpc) is 3.17. The summed E-state index contributed by atoms with van der Waals surface area (Å²) >= 11 is 0. The lowest BCUT2D eigenvalue weighted by Crippen LogP contribution is -2.61. The van der Waals surface area contributed by atoms with Gasteiger partial charge in [-0.25, -0.2) is 4.79 Å². The summed E-state index contributed by atoms with van der Waals surface area (Å²) in [4.78, 5) is 14.9. The molecule has 0 saturated heterocycles. The van der Waals surface area contributed by atoms with Crippen molar-refractivity contribution in [3.05, 3.63) is 0 Å². The topological polar surface area (TPSA) is 41.6 Å². The minimum atomic E-state index is -0.484. The molecule has 1 N–H and O–H groups in total. The molecule has 2 aliphatic rings. The van der Waals surface area contributed by atoms with E-state index in [-0.39, 0.29) is 5.97 Å². The lowest BCUT2D eigenvalue weighted by atomic mass is 9.91. The Morgan fingerprint density at radius 3 is 2.45 bits per heavy atom. The number of methoxy groups -OCH3 is 1. The zero-order valence-corrected chi connectivity index (χ0v) is 13.3. The van der Waals surface area contributed by atoms with Crippen molar-refractivity contribution in [2.45, 2.75) is 63.5 Å². The molecule has 4 nitrogen and oxygen atoms in total. The van der Waals surface area contributed by atoms with E-state index >= 15 is 0 Å². The van der Waals surface area contributed by atoms with Gasteiger partial charge in [-0.15, -0.1) is 0 Å². The fourth-order valence-electron chi connectivity index (χ4n) is 3.61. The molecule has 0 spiro atoms. The van der Waals surface area contributed by atoms with Crippen LogP contribution < -0.4 is 5.32 Å². The Kier molecular flexibility index (Phi) is 5.44. The van der Waals surface area contributed by atoms with E-state index in [4.69, 9.17) is 4.74 Å². The van der Waals surface area contributed by atoms with Crippen LogP contribution in [0.2, 0.25) is 0 Å². The smallest absolute Gasteiger partial charge is 0.327 e. The Bertz CT molecular complexity index is 324. The molecule has 0 aliphatic heterocycles. The van der Waals surface area contributed by atoms with Crippen molar-refractivity contribution in [1.29, 1.82) is 0 Å². The fourth-order valence-corrected chi connectivity index (χ4v) is 3.61. The van der Waals surface area contributed by atoms with Gasteiger partial charge in [0.25, 0.3) is 0 Å². The van der Waals surface area contributed by atoms with Crippen LogP contribution >= 0.6 is 0 Å². The maximum absolute atomic E-state index is 12.5. The summed E-state index contributed by atoms with van der Waals surface area (Å²) in [6.07, 6.45) is 8.52. The fraction of sp³-hybridized carbons (Fsp3) is 0.938. The molecule has 0 aromatic heterocycles. The van der Waals surface area contributed by atoms with Gasteiger partial charge in [0, 0.05) is 12.6 Å². The number of carbonyl (C=O) groups is 1. The van der Waals surface area contributed by atoms with E-state index in [9.17, 15) is 4.79 Å². The Morgan fingerprint density at radius 1 is 1.30 bits per heavy atom. The normalized spacial score (nSPS) is 23.0. The SMILES string of the molecule is CCCNC(CN(C)C1CCCC1)(C(=O)OC)C1CC1. The second-order valence-electron chi connectivity index (χ2n) is 6.52. The van der Waals surface area contributed by atoms with Crippen LogP contribution in [0.1, 0.15) is 51.9 Å². The van der Waals surface area contributed by atoms with Gasteiger partial charge in [-0.2, -0.15) is 0 Å². The molecule has 0 amide bonds. The molecule has 2 rings (SSSR count). The van der Waals surface area contributed by atoms with Crippen molar-refractivity contribution >= 4 is 5.97 Å². The zero-order valence-electron chi connectivity index (χ0n) is 13.3. The third kappa shape index (κ3) is 3.34. The standard InChI is InChI=1S/C16H30N2O2/c1-4-11-17-16(13-9-10-13,15(19)20-3)12-18(2)14-7-5-6-8-14/h13-14,17H,4-12H2,1-3H3. The van der Waals surface area contributed by atoms with Crippen molar-refractivity contribution in [3.8, 4) is 0 Å². The molecule has 1 atom stereocenters.